The fourth-order valence-corrected chi connectivity index (χ4v) is 2.36. The van der Waals surface area contributed by atoms with E-state index in [1.54, 1.807) is 0 Å². The number of hydrogen-bond donors (Lipinski definition) is 2. The van der Waals surface area contributed by atoms with Crippen molar-refractivity contribution in [1.29, 1.82) is 0 Å². The number of rotatable bonds is 6. The average Bonchev–Trinajstić information content (AvgIpc) is 2.91. The van der Waals surface area contributed by atoms with E-state index in [1.807, 2.05) is 24.3 Å². The molecular formula is C15H23ClN2O2. The fraction of sp³-hybridized carbons (Fsp3) is 0.533. The number of benzene rings is 1. The normalized spacial score (nSPS) is 14.7. The van der Waals surface area contributed by atoms with Gasteiger partial charge in [0.15, 0.2) is 0 Å². The molecule has 0 radical (unpaired) electrons. The van der Waals surface area contributed by atoms with Crippen LogP contribution >= 0.6 is 12.4 Å². The summed E-state index contributed by atoms with van der Waals surface area (Å²) in [4.78, 5) is 11.4. The lowest BCUT2D eigenvalue weighted by Crippen LogP contribution is -2.25. The van der Waals surface area contributed by atoms with E-state index >= 15 is 0 Å². The third kappa shape index (κ3) is 5.02. The third-order valence-corrected chi connectivity index (χ3v) is 3.42. The Morgan fingerprint density at radius 3 is 2.70 bits per heavy atom. The van der Waals surface area contributed by atoms with Crippen molar-refractivity contribution >= 4 is 18.3 Å². The molecule has 0 spiro atoms. The monoisotopic (exact) mass is 298 g/mol. The summed E-state index contributed by atoms with van der Waals surface area (Å²) in [6.45, 7) is 0.883. The second kappa shape index (κ2) is 8.82. The molecule has 1 saturated carbocycles. The molecule has 4 nitrogen and oxygen atoms in total. The van der Waals surface area contributed by atoms with E-state index in [-0.39, 0.29) is 18.3 Å². The minimum absolute atomic E-state index is 0. The molecule has 0 heterocycles. The molecule has 0 bridgehead atoms. The van der Waals surface area contributed by atoms with E-state index in [1.165, 1.54) is 12.8 Å². The van der Waals surface area contributed by atoms with Crippen molar-refractivity contribution < 1.29 is 9.53 Å². The van der Waals surface area contributed by atoms with Crippen LogP contribution in [0.5, 0.6) is 5.75 Å². The van der Waals surface area contributed by atoms with Crippen LogP contribution in [0, 0.1) is 0 Å². The Hall–Kier alpha value is -1.26. The Bertz CT molecular complexity index is 420. The van der Waals surface area contributed by atoms with Crippen molar-refractivity contribution in [2.45, 2.75) is 44.8 Å². The summed E-state index contributed by atoms with van der Waals surface area (Å²) < 4.78 is 6.02. The van der Waals surface area contributed by atoms with E-state index in [9.17, 15) is 4.79 Å². The molecule has 1 aliphatic carbocycles. The Balaban J connectivity index is 0.00000200. The lowest BCUT2D eigenvalue weighted by molar-refractivity contribution is -0.121. The van der Waals surface area contributed by atoms with Crippen LogP contribution in [0.2, 0.25) is 0 Å². The van der Waals surface area contributed by atoms with E-state index in [0.29, 0.717) is 25.6 Å². The summed E-state index contributed by atoms with van der Waals surface area (Å²) in [5.74, 6) is 0.876. The number of amides is 1. The van der Waals surface area contributed by atoms with Crippen molar-refractivity contribution in [2.75, 3.05) is 6.54 Å². The molecule has 1 fully saturated rings. The number of ether oxygens (including phenoxy) is 1. The van der Waals surface area contributed by atoms with Crippen LogP contribution in [-0.4, -0.2) is 18.6 Å². The minimum atomic E-state index is -0.0156. The highest BCUT2D eigenvalue weighted by Crippen LogP contribution is 2.26. The Morgan fingerprint density at radius 1 is 1.30 bits per heavy atom. The maximum atomic E-state index is 11.4. The van der Waals surface area contributed by atoms with Crippen molar-refractivity contribution in [1.82, 2.24) is 5.32 Å². The molecular weight excluding hydrogens is 276 g/mol. The molecule has 20 heavy (non-hydrogen) atoms. The van der Waals surface area contributed by atoms with Gasteiger partial charge in [0.25, 0.3) is 0 Å². The number of carbonyl (C=O) groups is 1. The molecule has 0 saturated heterocycles. The number of carbonyl (C=O) groups excluding carboxylic acids is 1. The molecule has 0 aliphatic heterocycles. The van der Waals surface area contributed by atoms with Crippen molar-refractivity contribution in [3.63, 3.8) is 0 Å². The predicted octanol–water partition coefficient (Wildman–Crippen LogP) is 2.39. The van der Waals surface area contributed by atoms with Gasteiger partial charge in [-0.25, -0.2) is 0 Å². The van der Waals surface area contributed by atoms with Gasteiger partial charge in [-0.2, -0.15) is 0 Å². The third-order valence-electron chi connectivity index (χ3n) is 3.42. The first-order valence-electron chi connectivity index (χ1n) is 7.01. The van der Waals surface area contributed by atoms with Gasteiger partial charge in [-0.3, -0.25) is 4.79 Å². The first-order valence-corrected chi connectivity index (χ1v) is 7.01. The minimum Gasteiger partial charge on any atom is -0.490 e. The predicted molar refractivity (Wildman–Crippen MR) is 82.1 cm³/mol. The van der Waals surface area contributed by atoms with Crippen LogP contribution in [0.4, 0.5) is 0 Å². The molecule has 3 N–H and O–H groups in total. The van der Waals surface area contributed by atoms with Gasteiger partial charge in [0.05, 0.1) is 6.10 Å². The van der Waals surface area contributed by atoms with Crippen LogP contribution in [0.1, 0.15) is 37.7 Å². The van der Waals surface area contributed by atoms with Gasteiger partial charge < -0.3 is 15.8 Å². The topological polar surface area (TPSA) is 64.4 Å². The second-order valence-corrected chi connectivity index (χ2v) is 4.95. The standard InChI is InChI=1S/C15H22N2O2.ClH/c16-10-9-15(18)17-11-12-5-1-4-8-14(12)19-13-6-2-3-7-13;/h1,4-5,8,13H,2-3,6-7,9-11,16H2,(H,17,18);1H. The number of halogens is 1. The Labute approximate surface area is 126 Å². The van der Waals surface area contributed by atoms with E-state index in [4.69, 9.17) is 10.5 Å². The van der Waals surface area contributed by atoms with Crippen molar-refractivity contribution in [2.24, 2.45) is 5.73 Å². The molecule has 1 aromatic carbocycles. The van der Waals surface area contributed by atoms with Gasteiger partial charge in [-0.05, 0) is 31.7 Å². The molecule has 2 rings (SSSR count). The smallest absolute Gasteiger partial charge is 0.221 e. The average molecular weight is 299 g/mol. The van der Waals surface area contributed by atoms with E-state index in [0.717, 1.165) is 24.2 Å². The van der Waals surface area contributed by atoms with Crippen LogP contribution in [0.25, 0.3) is 0 Å². The molecule has 112 valence electrons. The van der Waals surface area contributed by atoms with Gasteiger partial charge in [-0.1, -0.05) is 18.2 Å². The molecule has 1 amide bonds. The SMILES string of the molecule is Cl.NCCC(=O)NCc1ccccc1OC1CCCC1. The number of nitrogens with one attached hydrogen (secondary N) is 1. The van der Waals surface area contributed by atoms with E-state index < -0.39 is 0 Å². The molecule has 0 atom stereocenters. The zero-order valence-electron chi connectivity index (χ0n) is 11.6. The zero-order valence-corrected chi connectivity index (χ0v) is 12.5. The zero-order chi connectivity index (χ0) is 13.5. The van der Waals surface area contributed by atoms with Gasteiger partial charge >= 0.3 is 0 Å². The summed E-state index contributed by atoms with van der Waals surface area (Å²) in [5, 5.41) is 2.87. The Kier molecular flexibility index (Phi) is 7.41. The van der Waals surface area contributed by atoms with Crippen molar-refractivity contribution in [3.05, 3.63) is 29.8 Å². The maximum absolute atomic E-state index is 11.4. The van der Waals surface area contributed by atoms with Gasteiger partial charge in [0, 0.05) is 25.1 Å². The lowest BCUT2D eigenvalue weighted by Gasteiger charge is -2.16. The summed E-state index contributed by atoms with van der Waals surface area (Å²) in [5.41, 5.74) is 6.38. The van der Waals surface area contributed by atoms with E-state index in [2.05, 4.69) is 5.32 Å². The molecule has 0 aromatic heterocycles. The summed E-state index contributed by atoms with van der Waals surface area (Å²) >= 11 is 0. The first kappa shape index (κ1) is 16.8. The first-order chi connectivity index (χ1) is 9.29. The highest BCUT2D eigenvalue weighted by Gasteiger charge is 2.17. The quantitative estimate of drug-likeness (QED) is 0.847. The van der Waals surface area contributed by atoms with Crippen LogP contribution in [0.15, 0.2) is 24.3 Å². The highest BCUT2D eigenvalue weighted by molar-refractivity contribution is 5.85. The highest BCUT2D eigenvalue weighted by atomic mass is 35.5. The lowest BCUT2D eigenvalue weighted by atomic mass is 10.2. The van der Waals surface area contributed by atoms with Gasteiger partial charge in [-0.15, -0.1) is 12.4 Å². The molecule has 1 aliphatic rings. The van der Waals surface area contributed by atoms with Crippen LogP contribution in [-0.2, 0) is 11.3 Å². The molecule has 1 aromatic rings. The van der Waals surface area contributed by atoms with Crippen molar-refractivity contribution in [3.8, 4) is 5.75 Å². The fourth-order valence-electron chi connectivity index (χ4n) is 2.36. The number of hydrogen-bond acceptors (Lipinski definition) is 3. The second-order valence-electron chi connectivity index (χ2n) is 4.95. The molecule has 5 heteroatoms. The van der Waals surface area contributed by atoms with Crippen LogP contribution < -0.4 is 15.8 Å². The van der Waals surface area contributed by atoms with Gasteiger partial charge in [0.1, 0.15) is 5.75 Å². The largest absolute Gasteiger partial charge is 0.490 e. The van der Waals surface area contributed by atoms with Gasteiger partial charge in [0.2, 0.25) is 5.91 Å². The number of nitrogens with two attached hydrogens (primary N) is 1. The number of para-hydroxylation sites is 1. The van der Waals surface area contributed by atoms with Crippen LogP contribution in [0.3, 0.4) is 0 Å². The Morgan fingerprint density at radius 2 is 2.00 bits per heavy atom. The summed E-state index contributed by atoms with van der Waals surface area (Å²) in [6, 6.07) is 7.90. The summed E-state index contributed by atoms with van der Waals surface area (Å²) in [6.07, 6.45) is 5.47. The molecule has 0 unspecified atom stereocenters. The summed E-state index contributed by atoms with van der Waals surface area (Å²) in [7, 11) is 0. The maximum Gasteiger partial charge on any atom is 0.221 e.